The predicted octanol–water partition coefficient (Wildman–Crippen LogP) is 1.24. The number of carbonyl (C=O) groups is 2. The van der Waals surface area contributed by atoms with Crippen LogP contribution in [0.3, 0.4) is 0 Å². The number of amides is 2. The van der Waals surface area contributed by atoms with Crippen molar-refractivity contribution in [3.8, 4) is 0 Å². The third-order valence-electron chi connectivity index (χ3n) is 5.29. The van der Waals surface area contributed by atoms with Gasteiger partial charge in [-0.15, -0.1) is 0 Å². The number of guanidine groups is 1. The van der Waals surface area contributed by atoms with Gasteiger partial charge in [0.05, 0.1) is 6.54 Å². The molecule has 0 spiro atoms. The number of likely N-dealkylation sites (tertiary alicyclic amines) is 1. The zero-order chi connectivity index (χ0) is 18.8. The number of primary amides is 1. The summed E-state index contributed by atoms with van der Waals surface area (Å²) < 4.78 is 0. The third-order valence-corrected chi connectivity index (χ3v) is 5.29. The summed E-state index contributed by atoms with van der Waals surface area (Å²) >= 11 is 0. The van der Waals surface area contributed by atoms with E-state index in [1.807, 2.05) is 6.92 Å². The molecule has 2 rings (SSSR count). The molecule has 1 aliphatic heterocycles. The molecule has 0 radical (unpaired) electrons. The van der Waals surface area contributed by atoms with Crippen LogP contribution in [0.2, 0.25) is 0 Å². The number of hydrogen-bond acceptors (Lipinski definition) is 3. The van der Waals surface area contributed by atoms with E-state index in [0.29, 0.717) is 25.4 Å². The molecule has 2 aliphatic rings. The third kappa shape index (κ3) is 6.84. The van der Waals surface area contributed by atoms with Gasteiger partial charge < -0.3 is 21.3 Å². The molecule has 0 aromatic rings. The van der Waals surface area contributed by atoms with E-state index in [4.69, 9.17) is 5.73 Å². The minimum absolute atomic E-state index is 0.185. The van der Waals surface area contributed by atoms with Crippen molar-refractivity contribution in [2.24, 2.45) is 22.6 Å². The van der Waals surface area contributed by atoms with Gasteiger partial charge in [-0.25, -0.2) is 0 Å². The summed E-state index contributed by atoms with van der Waals surface area (Å²) in [6.45, 7) is 5.73. The summed E-state index contributed by atoms with van der Waals surface area (Å²) in [6.07, 6.45) is 8.15. The van der Waals surface area contributed by atoms with E-state index in [0.717, 1.165) is 51.3 Å². The lowest BCUT2D eigenvalue weighted by molar-refractivity contribution is -0.125. The van der Waals surface area contributed by atoms with Crippen LogP contribution in [0.1, 0.15) is 58.3 Å². The fraction of sp³-hybridized carbons (Fsp3) is 0.842. The van der Waals surface area contributed by atoms with Gasteiger partial charge >= 0.3 is 0 Å². The molecule has 148 valence electrons. The molecule has 2 fully saturated rings. The molecule has 7 nitrogen and oxygen atoms in total. The van der Waals surface area contributed by atoms with Crippen molar-refractivity contribution in [1.82, 2.24) is 15.5 Å². The Morgan fingerprint density at radius 2 is 1.88 bits per heavy atom. The van der Waals surface area contributed by atoms with Crippen LogP contribution in [0.15, 0.2) is 4.99 Å². The van der Waals surface area contributed by atoms with Gasteiger partial charge in [0.25, 0.3) is 0 Å². The number of rotatable bonds is 7. The summed E-state index contributed by atoms with van der Waals surface area (Å²) in [6, 6.07) is 0. The SMILES string of the molecule is CCNC(=NCCNC(=O)C1CCCCC1)N1CCCC(CC(N)=O)C1. The molecule has 2 amide bonds. The second kappa shape index (κ2) is 11.0. The first-order chi connectivity index (χ1) is 12.6. The van der Waals surface area contributed by atoms with Crippen molar-refractivity contribution in [2.75, 3.05) is 32.7 Å². The first-order valence-electron chi connectivity index (χ1n) is 10.2. The van der Waals surface area contributed by atoms with E-state index in [1.165, 1.54) is 19.3 Å². The first-order valence-corrected chi connectivity index (χ1v) is 10.2. The maximum atomic E-state index is 12.2. The molecule has 1 aliphatic carbocycles. The molecule has 4 N–H and O–H groups in total. The van der Waals surface area contributed by atoms with Crippen LogP contribution in [0.5, 0.6) is 0 Å². The van der Waals surface area contributed by atoms with Gasteiger partial charge in [-0.3, -0.25) is 14.6 Å². The second-order valence-corrected chi connectivity index (χ2v) is 7.49. The molecule has 0 bridgehead atoms. The Kier molecular flexibility index (Phi) is 8.71. The molecule has 1 atom stereocenters. The smallest absolute Gasteiger partial charge is 0.223 e. The predicted molar refractivity (Wildman–Crippen MR) is 104 cm³/mol. The minimum Gasteiger partial charge on any atom is -0.370 e. The van der Waals surface area contributed by atoms with Crippen molar-refractivity contribution in [3.63, 3.8) is 0 Å². The average molecular weight is 366 g/mol. The van der Waals surface area contributed by atoms with Crippen molar-refractivity contribution >= 4 is 17.8 Å². The van der Waals surface area contributed by atoms with Gasteiger partial charge in [-0.05, 0) is 38.5 Å². The lowest BCUT2D eigenvalue weighted by Gasteiger charge is -2.34. The fourth-order valence-electron chi connectivity index (χ4n) is 3.98. The molecule has 0 aromatic heterocycles. The van der Waals surface area contributed by atoms with E-state index in [1.54, 1.807) is 0 Å². The summed E-state index contributed by atoms with van der Waals surface area (Å²) in [5, 5.41) is 6.36. The number of aliphatic imine (C=N–C) groups is 1. The fourth-order valence-corrected chi connectivity index (χ4v) is 3.98. The van der Waals surface area contributed by atoms with Crippen LogP contribution >= 0.6 is 0 Å². The number of nitrogens with one attached hydrogen (secondary N) is 2. The van der Waals surface area contributed by atoms with Gasteiger partial charge in [-0.1, -0.05) is 19.3 Å². The number of piperidine rings is 1. The average Bonchev–Trinajstić information content (AvgIpc) is 2.64. The molecular formula is C19H35N5O2. The lowest BCUT2D eigenvalue weighted by Crippen LogP contribution is -2.47. The van der Waals surface area contributed by atoms with Gasteiger partial charge in [0.15, 0.2) is 5.96 Å². The number of nitrogens with zero attached hydrogens (tertiary/aromatic N) is 2. The molecule has 26 heavy (non-hydrogen) atoms. The highest BCUT2D eigenvalue weighted by molar-refractivity contribution is 5.81. The normalized spacial score (nSPS) is 22.1. The van der Waals surface area contributed by atoms with E-state index >= 15 is 0 Å². The molecule has 0 aromatic carbocycles. The largest absolute Gasteiger partial charge is 0.370 e. The highest BCUT2D eigenvalue weighted by Gasteiger charge is 2.24. The van der Waals surface area contributed by atoms with Crippen molar-refractivity contribution in [3.05, 3.63) is 0 Å². The molecule has 1 saturated heterocycles. The van der Waals surface area contributed by atoms with Crippen LogP contribution in [0, 0.1) is 11.8 Å². The number of hydrogen-bond donors (Lipinski definition) is 3. The van der Waals surface area contributed by atoms with E-state index < -0.39 is 0 Å². The Morgan fingerprint density at radius 1 is 1.12 bits per heavy atom. The van der Waals surface area contributed by atoms with Crippen molar-refractivity contribution in [1.29, 1.82) is 0 Å². The molecule has 1 heterocycles. The summed E-state index contributed by atoms with van der Waals surface area (Å²) in [5.74, 6) is 1.32. The van der Waals surface area contributed by atoms with Gasteiger partial charge in [-0.2, -0.15) is 0 Å². The standard InChI is InChI=1S/C19H35N5O2/c1-2-21-19(24-12-6-7-15(14-24)13-17(20)25)23-11-10-22-18(26)16-8-4-3-5-9-16/h15-16H,2-14H2,1H3,(H2,20,25)(H,21,23)(H,22,26). The van der Waals surface area contributed by atoms with Crippen molar-refractivity contribution < 1.29 is 9.59 Å². The van der Waals surface area contributed by atoms with E-state index in [2.05, 4.69) is 20.5 Å². The van der Waals surface area contributed by atoms with Crippen molar-refractivity contribution in [2.45, 2.75) is 58.3 Å². The number of carbonyl (C=O) groups excluding carboxylic acids is 2. The zero-order valence-electron chi connectivity index (χ0n) is 16.1. The maximum Gasteiger partial charge on any atom is 0.223 e. The quantitative estimate of drug-likeness (QED) is 0.359. The summed E-state index contributed by atoms with van der Waals surface area (Å²) in [7, 11) is 0. The summed E-state index contributed by atoms with van der Waals surface area (Å²) in [4.78, 5) is 30.3. The van der Waals surface area contributed by atoms with Crippen LogP contribution in [0.4, 0.5) is 0 Å². The van der Waals surface area contributed by atoms with Crippen LogP contribution in [-0.2, 0) is 9.59 Å². The Balaban J connectivity index is 1.79. The Morgan fingerprint density at radius 3 is 2.58 bits per heavy atom. The highest BCUT2D eigenvalue weighted by atomic mass is 16.2. The Labute approximate surface area is 157 Å². The summed E-state index contributed by atoms with van der Waals surface area (Å²) in [5.41, 5.74) is 5.35. The molecule has 7 heteroatoms. The van der Waals surface area contributed by atoms with E-state index in [9.17, 15) is 9.59 Å². The number of nitrogens with two attached hydrogens (primary N) is 1. The highest BCUT2D eigenvalue weighted by Crippen LogP contribution is 2.23. The monoisotopic (exact) mass is 365 g/mol. The van der Waals surface area contributed by atoms with Crippen LogP contribution in [-0.4, -0.2) is 55.4 Å². The maximum absolute atomic E-state index is 12.2. The zero-order valence-corrected chi connectivity index (χ0v) is 16.1. The van der Waals surface area contributed by atoms with Gasteiger partial charge in [0.2, 0.25) is 11.8 Å². The van der Waals surface area contributed by atoms with Crippen LogP contribution in [0.25, 0.3) is 0 Å². The van der Waals surface area contributed by atoms with Gasteiger partial charge in [0, 0.05) is 38.5 Å². The lowest BCUT2D eigenvalue weighted by atomic mass is 9.89. The molecular weight excluding hydrogens is 330 g/mol. The van der Waals surface area contributed by atoms with Gasteiger partial charge in [0.1, 0.15) is 0 Å². The molecule has 1 saturated carbocycles. The first kappa shape index (κ1) is 20.5. The van der Waals surface area contributed by atoms with Crippen LogP contribution < -0.4 is 16.4 Å². The Bertz CT molecular complexity index is 488. The minimum atomic E-state index is -0.232. The second-order valence-electron chi connectivity index (χ2n) is 7.49. The topological polar surface area (TPSA) is 99.8 Å². The Hall–Kier alpha value is -1.79. The van der Waals surface area contributed by atoms with E-state index in [-0.39, 0.29) is 17.7 Å². The molecule has 1 unspecified atom stereocenters.